The Labute approximate surface area is 366 Å². The second kappa shape index (κ2) is 29.5. The van der Waals surface area contributed by atoms with Crippen molar-refractivity contribution in [2.45, 2.75) is 44.6 Å². The monoisotopic (exact) mass is 1430 g/mol. The van der Waals surface area contributed by atoms with Gasteiger partial charge in [0.2, 0.25) is 6.29 Å². The number of hydrogen-bond acceptors (Lipinski definition) is 9. The van der Waals surface area contributed by atoms with Crippen LogP contribution in [0.1, 0.15) is 60.8 Å². The number of methoxy groups -OCH3 is 2. The quantitative estimate of drug-likeness (QED) is 0.0683. The van der Waals surface area contributed by atoms with E-state index in [0.29, 0.717) is 19.8 Å². The number of aromatic nitrogens is 6. The van der Waals surface area contributed by atoms with Crippen molar-refractivity contribution in [3.8, 4) is 0 Å². The molecule has 0 aromatic carbocycles. The predicted octanol–water partition coefficient (Wildman–Crippen LogP) is 11.4. The predicted molar refractivity (Wildman–Crippen MR) is 235 cm³/mol. The SMILES string of the molecule is C1=COCCC1.COC(OC)c1[nH]nc2cnc(Br)cc12.O=Cc1nn(C2CCCCO2)c2cnc(Br)cc12.[CH3-].[CH3-].[I][V]([I])[I].[I][V][I]. The Bertz CT molecular complexity index is 1490. The maximum absolute atomic E-state index is 11.1. The summed E-state index contributed by atoms with van der Waals surface area (Å²) in [5.41, 5.74) is 2.85. The van der Waals surface area contributed by atoms with Crippen LogP contribution >= 0.6 is 132 Å². The van der Waals surface area contributed by atoms with E-state index in [4.69, 9.17) is 18.9 Å². The summed E-state index contributed by atoms with van der Waals surface area (Å²) in [6, 6.07) is 3.69. The van der Waals surface area contributed by atoms with Gasteiger partial charge < -0.3 is 33.8 Å². The number of H-pyrrole nitrogens is 1. The van der Waals surface area contributed by atoms with Crippen LogP contribution in [-0.4, -0.2) is 63.7 Å². The summed E-state index contributed by atoms with van der Waals surface area (Å²) in [6.45, 7) is 1.66. The van der Waals surface area contributed by atoms with Crippen molar-refractivity contribution in [2.75, 3.05) is 27.4 Å². The summed E-state index contributed by atoms with van der Waals surface area (Å²) in [7, 11) is 3.79. The van der Waals surface area contributed by atoms with E-state index in [-0.39, 0.29) is 26.0 Å². The van der Waals surface area contributed by atoms with Gasteiger partial charge in [0.25, 0.3) is 0 Å². The Morgan fingerprint density at radius 1 is 1.04 bits per heavy atom. The van der Waals surface area contributed by atoms with E-state index in [2.05, 4.69) is 157 Å². The molecule has 2 aliphatic rings. The Hall–Kier alpha value is 2.11. The van der Waals surface area contributed by atoms with E-state index in [9.17, 15) is 4.79 Å². The van der Waals surface area contributed by atoms with Crippen LogP contribution in [0, 0.1) is 14.9 Å². The van der Waals surface area contributed by atoms with Crippen LogP contribution in [0.5, 0.6) is 0 Å². The van der Waals surface area contributed by atoms with Crippen molar-refractivity contribution in [1.82, 2.24) is 29.9 Å². The average Bonchev–Trinajstić information content (AvgIpc) is 3.64. The van der Waals surface area contributed by atoms with Gasteiger partial charge in [-0.1, -0.05) is 0 Å². The van der Waals surface area contributed by atoms with Crippen LogP contribution in [0.3, 0.4) is 0 Å². The average molecular weight is 1430 g/mol. The molecule has 1 fully saturated rings. The number of pyridine rings is 2. The molecule has 1 N–H and O–H groups in total. The second-order valence-corrected chi connectivity index (χ2v) is 57.7. The molecule has 20 heteroatoms. The molecule has 1 atom stereocenters. The van der Waals surface area contributed by atoms with Crippen molar-refractivity contribution in [3.05, 3.63) is 72.3 Å². The standard InChI is InChI=1S/C12H12BrN3O2.C9H10BrN3O2.C5H8O.2CH3.5HI.2V/c13-11-5-8-9(7-17)15-16(10(8)6-14-11)12-3-1-2-4-18-12;1-14-9(15-2)8-5-3-7(10)11-4-6(5)12-13-8;1-2-4-6-5-3-1;;;;;;;;;/h5-7,12H,1-4H2;3-4,9H,1-2H3,(H,12,13);2,4H,1,3,5H2;2*1H3;5*1H;;/q;;;2*-1;;;;;;+2;+3/p-5. The summed E-state index contributed by atoms with van der Waals surface area (Å²) in [6.07, 6.45) is 13.0. The summed E-state index contributed by atoms with van der Waals surface area (Å²) < 4.78 is 24.1. The molecule has 0 radical (unpaired) electrons. The van der Waals surface area contributed by atoms with Gasteiger partial charge in [0, 0.05) is 31.6 Å². The molecule has 0 saturated carbocycles. The first-order valence-electron chi connectivity index (χ1n) is 13.3. The fourth-order valence-corrected chi connectivity index (χ4v) is 4.83. The number of carbonyl (C=O) groups excluding carboxylic acids is 1. The fraction of sp³-hybridized carbons (Fsp3) is 0.393. The number of nitrogens with one attached hydrogen (secondary N) is 1. The molecule has 6 heterocycles. The zero-order valence-electron chi connectivity index (χ0n) is 26.5. The number of fused-ring (bicyclic) bond motifs is 2. The number of nitrogens with zero attached hydrogens (tertiary/aromatic N) is 5. The van der Waals surface area contributed by atoms with E-state index >= 15 is 0 Å². The van der Waals surface area contributed by atoms with Crippen LogP contribution in [0.2, 0.25) is 0 Å². The molecular formula is C28H36Br2I5N6O5V2-2. The van der Waals surface area contributed by atoms with Gasteiger partial charge in [-0.2, -0.15) is 10.2 Å². The summed E-state index contributed by atoms with van der Waals surface area (Å²) >= 11 is 18.7. The number of rotatable bonds is 5. The van der Waals surface area contributed by atoms with Crippen molar-refractivity contribution in [1.29, 1.82) is 0 Å². The molecule has 0 amide bonds. The minimum atomic E-state index is -0.440. The van der Waals surface area contributed by atoms with Gasteiger partial charge in [-0.3, -0.25) is 9.89 Å². The van der Waals surface area contributed by atoms with Crippen LogP contribution in [0.15, 0.2) is 46.1 Å². The van der Waals surface area contributed by atoms with Gasteiger partial charge in [-0.25, -0.2) is 14.6 Å². The molecule has 0 spiro atoms. The first kappa shape index (κ1) is 50.1. The first-order chi connectivity index (χ1) is 22.2. The molecule has 1 unspecified atom stereocenters. The fourth-order valence-electron chi connectivity index (χ4n) is 4.17. The topological polar surface area (TPSA) is 126 Å². The molecule has 48 heavy (non-hydrogen) atoms. The number of ether oxygens (including phenoxy) is 4. The molecule has 2 aliphatic heterocycles. The van der Waals surface area contributed by atoms with E-state index in [1.807, 2.05) is 18.2 Å². The molecule has 0 aliphatic carbocycles. The van der Waals surface area contributed by atoms with Crippen molar-refractivity contribution < 1.29 is 38.1 Å². The van der Waals surface area contributed by atoms with Gasteiger partial charge in [-0.05, 0) is 82.2 Å². The van der Waals surface area contributed by atoms with Gasteiger partial charge in [0.05, 0.1) is 36.5 Å². The van der Waals surface area contributed by atoms with Crippen LogP contribution in [0.25, 0.3) is 21.8 Å². The number of aldehydes is 1. The molecule has 269 valence electrons. The summed E-state index contributed by atoms with van der Waals surface area (Å²) in [5, 5.41) is 13.1. The number of aromatic amines is 1. The molecule has 4 aromatic rings. The van der Waals surface area contributed by atoms with Gasteiger partial charge in [0.15, 0.2) is 12.5 Å². The van der Waals surface area contributed by atoms with Crippen LogP contribution in [-0.2, 0) is 33.3 Å². The van der Waals surface area contributed by atoms with Gasteiger partial charge in [-0.15, -0.1) is 0 Å². The number of halogens is 7. The molecule has 4 aromatic heterocycles. The third-order valence-electron chi connectivity index (χ3n) is 6.05. The first-order valence-corrected chi connectivity index (χ1v) is 37.4. The Morgan fingerprint density at radius 2 is 1.67 bits per heavy atom. The Kier molecular flexibility index (Phi) is 30.8. The second-order valence-electron chi connectivity index (χ2n) is 8.90. The van der Waals surface area contributed by atoms with Crippen molar-refractivity contribution >= 4 is 160 Å². The zero-order valence-corrected chi connectivity index (χ0v) is 43.2. The van der Waals surface area contributed by atoms with Crippen molar-refractivity contribution in [2.24, 2.45) is 0 Å². The normalized spacial score (nSPS) is 14.7. The summed E-state index contributed by atoms with van der Waals surface area (Å²) in [4.78, 5) is 19.1. The molecule has 11 nitrogen and oxygen atoms in total. The number of hydrogen-bond donors (Lipinski definition) is 1. The van der Waals surface area contributed by atoms with E-state index in [1.165, 1.54) is 12.8 Å². The van der Waals surface area contributed by atoms with E-state index in [1.54, 1.807) is 37.6 Å². The zero-order chi connectivity index (χ0) is 33.9. The molecule has 1 saturated heterocycles. The third-order valence-corrected chi connectivity index (χ3v) is 6.92. The molecule has 0 bridgehead atoms. The van der Waals surface area contributed by atoms with Gasteiger partial charge in [0.1, 0.15) is 20.4 Å². The third kappa shape index (κ3) is 18.0. The summed E-state index contributed by atoms with van der Waals surface area (Å²) in [5.74, 6) is 0. The van der Waals surface area contributed by atoms with E-state index in [0.717, 1.165) is 70.9 Å². The maximum atomic E-state index is 11.1. The minimum absolute atomic E-state index is 0. The number of allylic oxidation sites excluding steroid dienone is 1. The van der Waals surface area contributed by atoms with Crippen molar-refractivity contribution in [3.63, 3.8) is 0 Å². The molecule has 6 rings (SSSR count). The molecular weight excluding hydrogens is 1400 g/mol. The van der Waals surface area contributed by atoms with Crippen LogP contribution in [0.4, 0.5) is 0 Å². The van der Waals surface area contributed by atoms with Crippen LogP contribution < -0.4 is 0 Å². The Morgan fingerprint density at radius 3 is 2.15 bits per heavy atom. The Balaban J connectivity index is 0.000000661. The van der Waals surface area contributed by atoms with Gasteiger partial charge >= 0.3 is 114 Å². The van der Waals surface area contributed by atoms with E-state index < -0.39 is 6.29 Å². The number of carbonyl (C=O) groups is 1.